The highest BCUT2D eigenvalue weighted by molar-refractivity contribution is 8.22. The Balaban J connectivity index is 1.88. The number of ether oxygens (including phenoxy) is 1. The molecule has 1 unspecified atom stereocenters. The zero-order valence-corrected chi connectivity index (χ0v) is 24.0. The smallest absolute Gasteiger partial charge is 0.406 e. The number of nitrogens with one attached hydrogen (secondary N) is 2. The van der Waals surface area contributed by atoms with Gasteiger partial charge in [-0.2, -0.15) is 13.2 Å². The number of alkyl halides is 3. The van der Waals surface area contributed by atoms with Crippen LogP contribution in [0.15, 0.2) is 47.4 Å². The molecule has 12 heteroatoms. The topological polar surface area (TPSA) is 108 Å². The van der Waals surface area contributed by atoms with Crippen molar-refractivity contribution in [1.82, 2.24) is 9.88 Å². The van der Waals surface area contributed by atoms with Crippen LogP contribution in [0.2, 0.25) is 0 Å². The maximum atomic E-state index is 13.6. The third-order valence-corrected chi connectivity index (χ3v) is 7.65. The van der Waals surface area contributed by atoms with Gasteiger partial charge in [0.15, 0.2) is 0 Å². The highest BCUT2D eigenvalue weighted by Gasteiger charge is 2.30. The SMILES string of the molecule is CNCCCCC(C)N(C)c1cccc2c1cc(C#CCNc1ccc(S(N)(O)O)cc1OC)n2CC(F)(F)F. The number of nitrogens with two attached hydrogens (primary N) is 1. The van der Waals surface area contributed by atoms with Gasteiger partial charge >= 0.3 is 6.18 Å². The molecule has 6 N–H and O–H groups in total. The van der Waals surface area contributed by atoms with E-state index in [-0.39, 0.29) is 23.2 Å². The van der Waals surface area contributed by atoms with E-state index in [2.05, 4.69) is 34.3 Å². The first-order chi connectivity index (χ1) is 18.9. The van der Waals surface area contributed by atoms with E-state index < -0.39 is 23.5 Å². The van der Waals surface area contributed by atoms with Crippen molar-refractivity contribution < 1.29 is 27.0 Å². The average Bonchev–Trinajstić information content (AvgIpc) is 3.23. The van der Waals surface area contributed by atoms with Crippen LogP contribution in [-0.2, 0) is 6.54 Å². The summed E-state index contributed by atoms with van der Waals surface area (Å²) in [6, 6.07) is 11.7. The molecule has 220 valence electrons. The molecule has 3 aromatic rings. The van der Waals surface area contributed by atoms with Crippen LogP contribution in [0.3, 0.4) is 0 Å². The molecule has 0 aliphatic rings. The minimum absolute atomic E-state index is 0.110. The number of unbranched alkanes of at least 4 members (excludes halogenated alkanes) is 1. The molecule has 8 nitrogen and oxygen atoms in total. The number of rotatable bonds is 12. The number of aromatic nitrogens is 1. The van der Waals surface area contributed by atoms with Crippen molar-refractivity contribution in [3.05, 3.63) is 48.2 Å². The van der Waals surface area contributed by atoms with Crippen molar-refractivity contribution in [2.75, 3.05) is 44.5 Å². The second kappa shape index (κ2) is 13.5. The van der Waals surface area contributed by atoms with Gasteiger partial charge in [-0.05, 0) is 69.6 Å². The summed E-state index contributed by atoms with van der Waals surface area (Å²) in [4.78, 5) is 2.23. The molecule has 0 aliphatic heterocycles. The van der Waals surface area contributed by atoms with Gasteiger partial charge < -0.3 is 24.8 Å². The molecule has 0 bridgehead atoms. The monoisotopic (exact) mass is 581 g/mol. The van der Waals surface area contributed by atoms with E-state index in [1.54, 1.807) is 24.3 Å². The van der Waals surface area contributed by atoms with E-state index in [4.69, 9.17) is 9.88 Å². The van der Waals surface area contributed by atoms with E-state index in [9.17, 15) is 22.3 Å². The minimum atomic E-state index is -4.42. The van der Waals surface area contributed by atoms with Crippen molar-refractivity contribution >= 4 is 33.1 Å². The lowest BCUT2D eigenvalue weighted by molar-refractivity contribution is -0.140. The number of fused-ring (bicyclic) bond motifs is 1. The molecule has 0 aliphatic carbocycles. The number of nitrogens with zero attached hydrogens (tertiary/aromatic N) is 2. The van der Waals surface area contributed by atoms with E-state index in [1.807, 2.05) is 20.2 Å². The molecule has 3 rings (SSSR count). The van der Waals surface area contributed by atoms with Gasteiger partial charge in [0, 0.05) is 30.2 Å². The Morgan fingerprint density at radius 1 is 1.18 bits per heavy atom. The number of methoxy groups -OCH3 is 1. The fraction of sp³-hybridized carbons (Fsp3) is 0.429. The lowest BCUT2D eigenvalue weighted by Gasteiger charge is -2.28. The molecular formula is C28H38F3N5O3S. The van der Waals surface area contributed by atoms with Crippen LogP contribution in [0, 0.1) is 11.8 Å². The minimum Gasteiger partial charge on any atom is -0.495 e. The first kappa shape index (κ1) is 31.4. The molecule has 1 heterocycles. The highest BCUT2D eigenvalue weighted by Crippen LogP contribution is 2.43. The zero-order valence-electron chi connectivity index (χ0n) is 23.2. The summed E-state index contributed by atoms with van der Waals surface area (Å²) in [6.07, 6.45) is -1.35. The van der Waals surface area contributed by atoms with Crippen LogP contribution >= 0.6 is 10.8 Å². The van der Waals surface area contributed by atoms with E-state index in [0.29, 0.717) is 22.3 Å². The van der Waals surface area contributed by atoms with Gasteiger partial charge in [0.05, 0.1) is 35.4 Å². The normalized spacial score (nSPS) is 13.1. The Labute approximate surface area is 235 Å². The van der Waals surface area contributed by atoms with Gasteiger partial charge in [-0.15, -0.1) is 10.8 Å². The Hall–Kier alpha value is -3.08. The lowest BCUT2D eigenvalue weighted by atomic mass is 10.1. The summed E-state index contributed by atoms with van der Waals surface area (Å²) >= 11 is 0. The standard InChI is InChI=1S/C28H38F3N5O3S/c1-20(9-5-6-15-33-2)35(3)25-11-7-12-26-23(25)17-21(36(26)19-28(29,30)31)10-8-16-34-24-14-13-22(40(32,37)38)18-27(24)39-4/h7,11-14,17-18,20,33-34,37-38H,5-6,9,15-16,19,32H2,1-4H3. The van der Waals surface area contributed by atoms with Crippen LogP contribution in [0.5, 0.6) is 5.75 Å². The van der Waals surface area contributed by atoms with Crippen molar-refractivity contribution in [3.8, 4) is 17.6 Å². The quantitative estimate of drug-likeness (QED) is 0.134. The fourth-order valence-corrected chi connectivity index (χ4v) is 5.03. The maximum Gasteiger partial charge on any atom is 0.406 e. The van der Waals surface area contributed by atoms with Crippen LogP contribution in [-0.4, -0.2) is 60.2 Å². The summed E-state index contributed by atoms with van der Waals surface area (Å²) in [5.74, 6) is 6.13. The number of anilines is 2. The Kier molecular flexibility index (Phi) is 10.6. The molecular weight excluding hydrogens is 543 g/mol. The zero-order chi connectivity index (χ0) is 29.5. The third kappa shape index (κ3) is 8.22. The molecule has 0 amide bonds. The summed E-state index contributed by atoms with van der Waals surface area (Å²) in [6.45, 7) is 2.02. The van der Waals surface area contributed by atoms with E-state index in [1.165, 1.54) is 23.8 Å². The Morgan fingerprint density at radius 3 is 2.58 bits per heavy atom. The largest absolute Gasteiger partial charge is 0.495 e. The lowest BCUT2D eigenvalue weighted by Crippen LogP contribution is -2.29. The molecule has 0 fully saturated rings. The van der Waals surface area contributed by atoms with Crippen molar-refractivity contribution in [3.63, 3.8) is 0 Å². The second-order valence-electron chi connectivity index (χ2n) is 9.61. The number of benzene rings is 2. The Morgan fingerprint density at radius 2 is 1.93 bits per heavy atom. The van der Waals surface area contributed by atoms with Crippen LogP contribution in [0.25, 0.3) is 10.9 Å². The van der Waals surface area contributed by atoms with E-state index in [0.717, 1.165) is 31.5 Å². The van der Waals surface area contributed by atoms with Gasteiger partial charge in [-0.1, -0.05) is 18.4 Å². The molecule has 0 radical (unpaired) electrons. The van der Waals surface area contributed by atoms with Gasteiger partial charge in [0.2, 0.25) is 0 Å². The highest BCUT2D eigenvalue weighted by atomic mass is 32.3. The first-order valence-electron chi connectivity index (χ1n) is 12.9. The number of hydrogen-bond donors (Lipinski definition) is 5. The summed E-state index contributed by atoms with van der Waals surface area (Å²) in [7, 11) is 1.91. The van der Waals surface area contributed by atoms with Crippen LogP contribution in [0.1, 0.15) is 31.9 Å². The number of halogens is 3. The molecule has 0 saturated carbocycles. The molecule has 40 heavy (non-hydrogen) atoms. The predicted molar refractivity (Wildman–Crippen MR) is 157 cm³/mol. The third-order valence-electron chi connectivity index (χ3n) is 6.70. The van der Waals surface area contributed by atoms with Crippen molar-refractivity contribution in [2.24, 2.45) is 5.14 Å². The van der Waals surface area contributed by atoms with Gasteiger partial charge in [-0.25, -0.2) is 5.14 Å². The van der Waals surface area contributed by atoms with Crippen molar-refractivity contribution in [2.45, 2.75) is 49.8 Å². The molecule has 0 spiro atoms. The predicted octanol–water partition coefficient (Wildman–Crippen LogP) is 5.87. The fourth-order valence-electron chi connectivity index (χ4n) is 4.48. The van der Waals surface area contributed by atoms with Gasteiger partial charge in [0.1, 0.15) is 12.3 Å². The summed E-state index contributed by atoms with van der Waals surface area (Å²) in [5.41, 5.74) is 2.11. The van der Waals surface area contributed by atoms with Crippen LogP contribution in [0.4, 0.5) is 24.5 Å². The summed E-state index contributed by atoms with van der Waals surface area (Å²) < 4.78 is 66.6. The van der Waals surface area contributed by atoms with Gasteiger partial charge in [0.25, 0.3) is 0 Å². The van der Waals surface area contributed by atoms with E-state index >= 15 is 0 Å². The molecule has 2 aromatic carbocycles. The average molecular weight is 582 g/mol. The van der Waals surface area contributed by atoms with Gasteiger partial charge in [-0.3, -0.25) is 9.11 Å². The first-order valence-corrected chi connectivity index (χ1v) is 14.5. The molecule has 1 atom stereocenters. The molecule has 0 saturated heterocycles. The molecule has 1 aromatic heterocycles. The second-order valence-corrected chi connectivity index (χ2v) is 11.3. The Bertz CT molecular complexity index is 1350. The number of hydrogen-bond acceptors (Lipinski definition) is 7. The summed E-state index contributed by atoms with van der Waals surface area (Å²) in [5, 5.41) is 12.3. The maximum absolute atomic E-state index is 13.6. The van der Waals surface area contributed by atoms with Crippen molar-refractivity contribution in [1.29, 1.82) is 0 Å². The van der Waals surface area contributed by atoms with Crippen LogP contribution < -0.4 is 25.4 Å².